The number of alkyl carbamates (subject to hydrolysis) is 1. The first kappa shape index (κ1) is 19.7. The third-order valence-corrected chi connectivity index (χ3v) is 3.85. The number of esters is 1. The van der Waals surface area contributed by atoms with Gasteiger partial charge in [-0.1, -0.05) is 0 Å². The average molecular weight is 366 g/mol. The Morgan fingerprint density at radius 2 is 1.96 bits per heavy atom. The number of aryl methyl sites for hydroxylation is 1. The van der Waals surface area contributed by atoms with Gasteiger partial charge in [-0.15, -0.1) is 0 Å². The maximum Gasteiger partial charge on any atom is 0.408 e. The Morgan fingerprint density at radius 3 is 2.58 bits per heavy atom. The van der Waals surface area contributed by atoms with E-state index >= 15 is 0 Å². The van der Waals surface area contributed by atoms with Crippen molar-refractivity contribution in [2.45, 2.75) is 46.3 Å². The largest absolute Gasteiger partial charge is 0.461 e. The third-order valence-electron chi connectivity index (χ3n) is 3.85. The van der Waals surface area contributed by atoms with Gasteiger partial charge in [0.05, 0.1) is 6.61 Å². The van der Waals surface area contributed by atoms with Crippen LogP contribution in [0.2, 0.25) is 0 Å². The van der Waals surface area contributed by atoms with Gasteiger partial charge in [0.2, 0.25) is 5.91 Å². The number of carbonyl (C=O) groups is 3. The Balaban J connectivity index is 2.02. The van der Waals surface area contributed by atoms with Crippen molar-refractivity contribution in [1.29, 1.82) is 0 Å². The van der Waals surface area contributed by atoms with Gasteiger partial charge in [-0.05, 0) is 27.7 Å². The zero-order chi connectivity index (χ0) is 19.5. The summed E-state index contributed by atoms with van der Waals surface area (Å²) in [4.78, 5) is 37.8. The molecule has 2 rings (SSSR count). The van der Waals surface area contributed by atoms with Gasteiger partial charge in [0.15, 0.2) is 5.69 Å². The third kappa shape index (κ3) is 4.74. The predicted octanol–water partition coefficient (Wildman–Crippen LogP) is 1.01. The van der Waals surface area contributed by atoms with Crippen molar-refractivity contribution < 1.29 is 23.9 Å². The Hall–Kier alpha value is -2.58. The van der Waals surface area contributed by atoms with Crippen LogP contribution in [0.1, 0.15) is 49.4 Å². The molecule has 2 heterocycles. The van der Waals surface area contributed by atoms with Crippen LogP contribution in [0.5, 0.6) is 0 Å². The van der Waals surface area contributed by atoms with Crippen molar-refractivity contribution in [2.75, 3.05) is 19.7 Å². The molecule has 144 valence electrons. The fraction of sp³-hybridized carbons (Fsp3) is 0.647. The molecule has 0 spiro atoms. The highest BCUT2D eigenvalue weighted by Gasteiger charge is 2.30. The lowest BCUT2D eigenvalue weighted by molar-refractivity contribution is -0.131. The molecule has 2 amide bonds. The zero-order valence-corrected chi connectivity index (χ0v) is 15.9. The lowest BCUT2D eigenvalue weighted by Gasteiger charge is -2.28. The van der Waals surface area contributed by atoms with Crippen molar-refractivity contribution in [3.05, 3.63) is 17.0 Å². The van der Waals surface area contributed by atoms with Crippen LogP contribution in [0.25, 0.3) is 0 Å². The summed E-state index contributed by atoms with van der Waals surface area (Å²) in [6, 6.07) is 0. The summed E-state index contributed by atoms with van der Waals surface area (Å²) in [7, 11) is 1.77. The summed E-state index contributed by atoms with van der Waals surface area (Å²) in [5.74, 6) is -0.745. The number of aromatic nitrogens is 2. The van der Waals surface area contributed by atoms with Crippen molar-refractivity contribution >= 4 is 18.0 Å². The lowest BCUT2D eigenvalue weighted by Crippen LogP contribution is -2.44. The van der Waals surface area contributed by atoms with Gasteiger partial charge >= 0.3 is 12.1 Å². The minimum Gasteiger partial charge on any atom is -0.461 e. The standard InChI is InChI=1S/C17H26N4O5/c1-6-25-15(23)14-11-10-21(8-7-12(11)20(5)19-14)13(22)9-18-16(24)26-17(2,3)4/h6-10H2,1-5H3,(H,18,24). The van der Waals surface area contributed by atoms with E-state index < -0.39 is 17.7 Å². The normalized spacial score (nSPS) is 13.8. The maximum atomic E-state index is 12.4. The number of hydrogen-bond acceptors (Lipinski definition) is 6. The number of amides is 2. The Labute approximate surface area is 152 Å². The molecule has 1 aliphatic heterocycles. The number of carbonyl (C=O) groups excluding carboxylic acids is 3. The van der Waals surface area contributed by atoms with E-state index in [1.807, 2.05) is 0 Å². The second-order valence-electron chi connectivity index (χ2n) is 7.04. The lowest BCUT2D eigenvalue weighted by atomic mass is 10.0. The van der Waals surface area contributed by atoms with Gasteiger partial charge < -0.3 is 19.7 Å². The summed E-state index contributed by atoms with van der Waals surface area (Å²) in [5, 5.41) is 6.69. The van der Waals surface area contributed by atoms with Crippen LogP contribution in [0.3, 0.4) is 0 Å². The van der Waals surface area contributed by atoms with Gasteiger partial charge in [-0.2, -0.15) is 5.10 Å². The average Bonchev–Trinajstić information content (AvgIpc) is 2.88. The number of rotatable bonds is 4. The molecule has 0 saturated carbocycles. The summed E-state index contributed by atoms with van der Waals surface area (Å²) in [5.41, 5.74) is 1.22. The van der Waals surface area contributed by atoms with Crippen LogP contribution in [-0.2, 0) is 34.3 Å². The first-order valence-corrected chi connectivity index (χ1v) is 8.59. The molecular weight excluding hydrogens is 340 g/mol. The smallest absolute Gasteiger partial charge is 0.408 e. The summed E-state index contributed by atoms with van der Waals surface area (Å²) in [6.07, 6.45) is -0.0618. The molecule has 0 aliphatic carbocycles. The van der Waals surface area contributed by atoms with E-state index in [4.69, 9.17) is 9.47 Å². The molecule has 9 heteroatoms. The molecule has 1 aromatic heterocycles. The van der Waals surface area contributed by atoms with Gasteiger partial charge in [0.1, 0.15) is 12.1 Å². The second-order valence-corrected chi connectivity index (χ2v) is 7.04. The SMILES string of the molecule is CCOC(=O)c1nn(C)c2c1CN(C(=O)CNC(=O)OC(C)(C)C)CC2. The van der Waals surface area contributed by atoms with E-state index in [1.165, 1.54) is 0 Å². The molecule has 9 nitrogen and oxygen atoms in total. The van der Waals surface area contributed by atoms with Crippen LogP contribution in [-0.4, -0.2) is 57.9 Å². The Morgan fingerprint density at radius 1 is 1.27 bits per heavy atom. The molecule has 0 bridgehead atoms. The number of ether oxygens (including phenoxy) is 2. The molecule has 0 saturated heterocycles. The van der Waals surface area contributed by atoms with Crippen molar-refractivity contribution in [1.82, 2.24) is 20.0 Å². The number of hydrogen-bond donors (Lipinski definition) is 1. The monoisotopic (exact) mass is 366 g/mol. The summed E-state index contributed by atoms with van der Waals surface area (Å²) in [6.45, 7) is 7.81. The van der Waals surface area contributed by atoms with Gasteiger partial charge in [0, 0.05) is 37.8 Å². The molecule has 1 N–H and O–H groups in total. The molecule has 0 radical (unpaired) electrons. The highest BCUT2D eigenvalue weighted by atomic mass is 16.6. The zero-order valence-electron chi connectivity index (χ0n) is 15.9. The van der Waals surface area contributed by atoms with Gasteiger partial charge in [0.25, 0.3) is 0 Å². The first-order chi connectivity index (χ1) is 12.1. The van der Waals surface area contributed by atoms with Crippen molar-refractivity contribution in [2.24, 2.45) is 7.05 Å². The minimum atomic E-state index is -0.642. The van der Waals surface area contributed by atoms with Crippen LogP contribution in [0.4, 0.5) is 4.79 Å². The van der Waals surface area contributed by atoms with E-state index in [0.29, 0.717) is 18.5 Å². The molecule has 1 aliphatic rings. The predicted molar refractivity (Wildman–Crippen MR) is 92.5 cm³/mol. The summed E-state index contributed by atoms with van der Waals surface area (Å²) >= 11 is 0. The first-order valence-electron chi connectivity index (χ1n) is 8.59. The molecule has 0 aromatic carbocycles. The highest BCUT2D eigenvalue weighted by Crippen LogP contribution is 2.22. The van der Waals surface area contributed by atoms with E-state index in [-0.39, 0.29) is 31.3 Å². The molecular formula is C17H26N4O5. The van der Waals surface area contributed by atoms with E-state index in [1.54, 1.807) is 44.3 Å². The topological polar surface area (TPSA) is 103 Å². The second kappa shape index (κ2) is 7.76. The summed E-state index contributed by atoms with van der Waals surface area (Å²) < 4.78 is 11.8. The maximum absolute atomic E-state index is 12.4. The van der Waals surface area contributed by atoms with Crippen molar-refractivity contribution in [3.63, 3.8) is 0 Å². The van der Waals surface area contributed by atoms with Crippen LogP contribution in [0.15, 0.2) is 0 Å². The van der Waals surface area contributed by atoms with Gasteiger partial charge in [-0.25, -0.2) is 9.59 Å². The number of fused-ring (bicyclic) bond motifs is 1. The Bertz CT molecular complexity index is 705. The molecule has 0 atom stereocenters. The number of nitrogens with one attached hydrogen (secondary N) is 1. The molecule has 0 fully saturated rings. The number of nitrogens with zero attached hydrogens (tertiary/aromatic N) is 3. The fourth-order valence-electron chi connectivity index (χ4n) is 2.74. The van der Waals surface area contributed by atoms with E-state index in [9.17, 15) is 14.4 Å². The molecule has 1 aromatic rings. The van der Waals surface area contributed by atoms with Crippen LogP contribution >= 0.6 is 0 Å². The highest BCUT2D eigenvalue weighted by molar-refractivity contribution is 5.90. The van der Waals surface area contributed by atoms with E-state index in [0.717, 1.165) is 5.69 Å². The van der Waals surface area contributed by atoms with Crippen LogP contribution in [0, 0.1) is 0 Å². The van der Waals surface area contributed by atoms with Crippen molar-refractivity contribution in [3.8, 4) is 0 Å². The Kier molecular flexibility index (Phi) is 5.89. The van der Waals surface area contributed by atoms with Crippen LogP contribution < -0.4 is 5.32 Å². The fourth-order valence-corrected chi connectivity index (χ4v) is 2.74. The molecule has 26 heavy (non-hydrogen) atoms. The quantitative estimate of drug-likeness (QED) is 0.798. The minimum absolute atomic E-state index is 0.167. The molecule has 0 unspecified atom stereocenters. The van der Waals surface area contributed by atoms with E-state index in [2.05, 4.69) is 10.4 Å². The van der Waals surface area contributed by atoms with Gasteiger partial charge in [-0.3, -0.25) is 9.48 Å².